The van der Waals surface area contributed by atoms with Crippen molar-refractivity contribution in [1.29, 1.82) is 0 Å². The molecule has 1 aromatic rings. The maximum absolute atomic E-state index is 12.0. The molecule has 0 fully saturated rings. The van der Waals surface area contributed by atoms with Gasteiger partial charge in [0.1, 0.15) is 0 Å². The molecule has 0 aliphatic rings. The Bertz CT molecular complexity index is 522. The molecule has 0 saturated heterocycles. The summed E-state index contributed by atoms with van der Waals surface area (Å²) in [5.74, 6) is -1.26. The normalized spacial score (nSPS) is 11.4. The van der Waals surface area contributed by atoms with Crippen LogP contribution in [0.4, 0.5) is 0 Å². The van der Waals surface area contributed by atoms with Gasteiger partial charge in [0, 0.05) is 4.47 Å². The largest absolute Gasteiger partial charge is 0.478 e. The van der Waals surface area contributed by atoms with Gasteiger partial charge in [-0.1, -0.05) is 29.3 Å². The number of carbonyl (C=O) groups is 1. The second-order valence-corrected chi connectivity index (χ2v) is 6.61. The first kappa shape index (κ1) is 14.2. The summed E-state index contributed by atoms with van der Waals surface area (Å²) >= 11 is 3.15. The van der Waals surface area contributed by atoms with Crippen LogP contribution < -0.4 is 0 Å². The number of hydrogen-bond acceptors (Lipinski definition) is 3. The second kappa shape index (κ2) is 5.64. The Hall–Kier alpha value is -0.880. The monoisotopic (exact) mass is 320 g/mol. The van der Waals surface area contributed by atoms with Gasteiger partial charge in [0.15, 0.2) is 9.84 Å². The van der Waals surface area contributed by atoms with Gasteiger partial charge in [0.05, 0.1) is 16.2 Å². The fraction of sp³-hybridized carbons (Fsp3) is 0.364. The SMILES string of the molecule is CCCCS(=O)(=O)c1cc(Br)ccc1C(=O)O. The number of hydrogen-bond donors (Lipinski definition) is 1. The number of carboxylic acids is 1. The van der Waals surface area contributed by atoms with Crippen LogP contribution in [-0.2, 0) is 9.84 Å². The van der Waals surface area contributed by atoms with Crippen LogP contribution in [0.25, 0.3) is 0 Å². The molecule has 0 spiro atoms. The highest BCUT2D eigenvalue weighted by Gasteiger charge is 2.22. The van der Waals surface area contributed by atoms with E-state index < -0.39 is 15.8 Å². The lowest BCUT2D eigenvalue weighted by atomic mass is 10.2. The molecular weight excluding hydrogens is 308 g/mol. The van der Waals surface area contributed by atoms with E-state index in [1.54, 1.807) is 0 Å². The van der Waals surface area contributed by atoms with E-state index in [1.807, 2.05) is 6.92 Å². The minimum atomic E-state index is -3.53. The van der Waals surface area contributed by atoms with Crippen molar-refractivity contribution in [3.05, 3.63) is 28.2 Å². The van der Waals surface area contributed by atoms with E-state index in [0.717, 1.165) is 6.42 Å². The second-order valence-electron chi connectivity index (χ2n) is 3.62. The highest BCUT2D eigenvalue weighted by molar-refractivity contribution is 9.10. The first-order valence-electron chi connectivity index (χ1n) is 5.14. The maximum Gasteiger partial charge on any atom is 0.337 e. The molecule has 0 unspecified atom stereocenters. The molecule has 1 rings (SSSR count). The molecule has 17 heavy (non-hydrogen) atoms. The third kappa shape index (κ3) is 3.54. The Kier molecular flexibility index (Phi) is 4.70. The Balaban J connectivity index is 3.28. The summed E-state index contributed by atoms with van der Waals surface area (Å²) in [5, 5.41) is 8.97. The average molecular weight is 321 g/mol. The van der Waals surface area contributed by atoms with E-state index in [9.17, 15) is 13.2 Å². The van der Waals surface area contributed by atoms with E-state index >= 15 is 0 Å². The van der Waals surface area contributed by atoms with Crippen molar-refractivity contribution < 1.29 is 18.3 Å². The topological polar surface area (TPSA) is 71.4 Å². The van der Waals surface area contributed by atoms with Crippen LogP contribution >= 0.6 is 15.9 Å². The molecule has 1 aromatic carbocycles. The quantitative estimate of drug-likeness (QED) is 0.905. The minimum Gasteiger partial charge on any atom is -0.478 e. The average Bonchev–Trinajstić information content (AvgIpc) is 2.26. The zero-order valence-electron chi connectivity index (χ0n) is 9.31. The molecule has 0 amide bonds. The minimum absolute atomic E-state index is 0.0275. The molecule has 0 aliphatic heterocycles. The predicted molar refractivity (Wildman–Crippen MR) is 68.1 cm³/mol. The van der Waals surface area contributed by atoms with Crippen molar-refractivity contribution in [2.75, 3.05) is 5.75 Å². The van der Waals surface area contributed by atoms with Gasteiger partial charge in [-0.25, -0.2) is 13.2 Å². The van der Waals surface area contributed by atoms with Crippen LogP contribution in [0.15, 0.2) is 27.6 Å². The smallest absolute Gasteiger partial charge is 0.337 e. The summed E-state index contributed by atoms with van der Waals surface area (Å²) in [7, 11) is -3.53. The Morgan fingerprint density at radius 2 is 2.06 bits per heavy atom. The molecule has 0 atom stereocenters. The molecule has 0 saturated carbocycles. The summed E-state index contributed by atoms with van der Waals surface area (Å²) in [6.07, 6.45) is 1.27. The molecule has 0 heterocycles. The molecule has 0 aromatic heterocycles. The number of unbranched alkanes of at least 4 members (excludes halogenated alkanes) is 1. The van der Waals surface area contributed by atoms with Gasteiger partial charge >= 0.3 is 5.97 Å². The third-order valence-corrected chi connectivity index (χ3v) is 4.60. The lowest BCUT2D eigenvalue weighted by Gasteiger charge is -2.07. The van der Waals surface area contributed by atoms with Crippen molar-refractivity contribution in [1.82, 2.24) is 0 Å². The Labute approximate surface area is 109 Å². The lowest BCUT2D eigenvalue weighted by Crippen LogP contribution is -2.12. The van der Waals surface area contributed by atoms with Crippen LogP contribution in [0, 0.1) is 0 Å². The number of rotatable bonds is 5. The van der Waals surface area contributed by atoms with Crippen molar-refractivity contribution >= 4 is 31.7 Å². The number of carboxylic acid groups (broad SMARTS) is 1. The molecule has 0 bridgehead atoms. The molecular formula is C11H13BrO4S. The number of sulfone groups is 1. The molecule has 1 N–H and O–H groups in total. The van der Waals surface area contributed by atoms with Gasteiger partial charge < -0.3 is 5.11 Å². The molecule has 0 aliphatic carbocycles. The number of aromatic carboxylic acids is 1. The predicted octanol–water partition coefficient (Wildman–Crippen LogP) is 2.72. The van der Waals surface area contributed by atoms with Crippen molar-refractivity contribution in [2.45, 2.75) is 24.7 Å². The standard InChI is InChI=1S/C11H13BrO4S/c1-2-3-6-17(15,16)10-7-8(12)4-5-9(10)11(13)14/h4-5,7H,2-3,6H2,1H3,(H,13,14). The third-order valence-electron chi connectivity index (χ3n) is 2.28. The van der Waals surface area contributed by atoms with Crippen LogP contribution in [0.2, 0.25) is 0 Å². The van der Waals surface area contributed by atoms with E-state index in [-0.39, 0.29) is 16.2 Å². The van der Waals surface area contributed by atoms with E-state index in [4.69, 9.17) is 5.11 Å². The van der Waals surface area contributed by atoms with E-state index in [1.165, 1.54) is 18.2 Å². The summed E-state index contributed by atoms with van der Waals surface area (Å²) in [4.78, 5) is 10.9. The van der Waals surface area contributed by atoms with Crippen LogP contribution in [0.5, 0.6) is 0 Å². The van der Waals surface area contributed by atoms with Crippen LogP contribution in [-0.4, -0.2) is 25.2 Å². The summed E-state index contributed by atoms with van der Waals surface area (Å²) < 4.78 is 24.5. The Morgan fingerprint density at radius 3 is 2.59 bits per heavy atom. The summed E-state index contributed by atoms with van der Waals surface area (Å²) in [5.41, 5.74) is -0.177. The van der Waals surface area contributed by atoms with Gasteiger partial charge in [-0.3, -0.25) is 0 Å². The fourth-order valence-electron chi connectivity index (χ4n) is 1.37. The summed E-state index contributed by atoms with van der Waals surface area (Å²) in [6, 6.07) is 4.15. The van der Waals surface area contributed by atoms with E-state index in [0.29, 0.717) is 10.9 Å². The van der Waals surface area contributed by atoms with Gasteiger partial charge in [0.25, 0.3) is 0 Å². The van der Waals surface area contributed by atoms with Crippen molar-refractivity contribution in [3.8, 4) is 0 Å². The Morgan fingerprint density at radius 1 is 1.41 bits per heavy atom. The first-order chi connectivity index (χ1) is 7.88. The number of halogens is 1. The highest BCUT2D eigenvalue weighted by atomic mass is 79.9. The zero-order valence-corrected chi connectivity index (χ0v) is 11.7. The maximum atomic E-state index is 12.0. The zero-order chi connectivity index (χ0) is 13.1. The lowest BCUT2D eigenvalue weighted by molar-refractivity contribution is 0.0692. The van der Waals surface area contributed by atoms with Gasteiger partial charge in [-0.05, 0) is 24.6 Å². The number of benzene rings is 1. The molecule has 6 heteroatoms. The van der Waals surface area contributed by atoms with Crippen LogP contribution in [0.1, 0.15) is 30.1 Å². The molecule has 94 valence electrons. The summed E-state index contributed by atoms with van der Waals surface area (Å²) in [6.45, 7) is 1.88. The highest BCUT2D eigenvalue weighted by Crippen LogP contribution is 2.23. The van der Waals surface area contributed by atoms with Crippen LogP contribution in [0.3, 0.4) is 0 Å². The molecule has 0 radical (unpaired) electrons. The first-order valence-corrected chi connectivity index (χ1v) is 7.58. The van der Waals surface area contributed by atoms with Gasteiger partial charge in [0.2, 0.25) is 0 Å². The van der Waals surface area contributed by atoms with E-state index in [2.05, 4.69) is 15.9 Å². The van der Waals surface area contributed by atoms with Gasteiger partial charge in [-0.15, -0.1) is 0 Å². The fourth-order valence-corrected chi connectivity index (χ4v) is 3.57. The van der Waals surface area contributed by atoms with Gasteiger partial charge in [-0.2, -0.15) is 0 Å². The van der Waals surface area contributed by atoms with Crippen molar-refractivity contribution in [3.63, 3.8) is 0 Å². The molecule has 4 nitrogen and oxygen atoms in total. The van der Waals surface area contributed by atoms with Crippen molar-refractivity contribution in [2.24, 2.45) is 0 Å².